The summed E-state index contributed by atoms with van der Waals surface area (Å²) < 4.78 is 5.49. The van der Waals surface area contributed by atoms with Gasteiger partial charge in [-0.15, -0.1) is 5.11 Å². The molecule has 7 nitrogen and oxygen atoms in total. The molecule has 33 heavy (non-hydrogen) atoms. The van der Waals surface area contributed by atoms with Crippen LogP contribution in [0.2, 0.25) is 5.02 Å². The maximum atomic E-state index is 12.0. The van der Waals surface area contributed by atoms with Gasteiger partial charge in [0, 0.05) is 5.56 Å². The van der Waals surface area contributed by atoms with Crippen molar-refractivity contribution in [1.82, 2.24) is 5.43 Å². The summed E-state index contributed by atoms with van der Waals surface area (Å²) in [4.78, 5) is 12.0. The second kappa shape index (κ2) is 11.8. The number of hydrazone groups is 1. The molecule has 3 aromatic rings. The van der Waals surface area contributed by atoms with Crippen molar-refractivity contribution >= 4 is 35.1 Å². The Morgan fingerprint density at radius 1 is 1.12 bits per heavy atom. The SMILES string of the molecule is CC[C@H](C)c1ccc(OCC(=O)N/N=C/c2cc(N=Nc3ccccc3Cl)ccc2O)cc1. The zero-order valence-electron chi connectivity index (χ0n) is 18.4. The Balaban J connectivity index is 1.54. The molecule has 1 amide bonds. The molecule has 0 radical (unpaired) electrons. The number of ether oxygens (including phenoxy) is 1. The van der Waals surface area contributed by atoms with Crippen molar-refractivity contribution in [3.63, 3.8) is 0 Å². The second-order valence-electron chi connectivity index (χ2n) is 7.35. The quantitative estimate of drug-likeness (QED) is 0.215. The lowest BCUT2D eigenvalue weighted by molar-refractivity contribution is -0.123. The highest BCUT2D eigenvalue weighted by Gasteiger charge is 2.06. The zero-order chi connectivity index (χ0) is 23.6. The first kappa shape index (κ1) is 23.9. The molecule has 2 N–H and O–H groups in total. The topological polar surface area (TPSA) is 95.6 Å². The summed E-state index contributed by atoms with van der Waals surface area (Å²) >= 11 is 6.07. The number of hydrogen-bond acceptors (Lipinski definition) is 6. The fourth-order valence-corrected chi connectivity index (χ4v) is 3.01. The Morgan fingerprint density at radius 3 is 2.61 bits per heavy atom. The summed E-state index contributed by atoms with van der Waals surface area (Å²) in [7, 11) is 0. The molecule has 0 bridgehead atoms. The van der Waals surface area contributed by atoms with Crippen molar-refractivity contribution < 1.29 is 14.6 Å². The minimum absolute atomic E-state index is 0.0117. The summed E-state index contributed by atoms with van der Waals surface area (Å²) in [6.45, 7) is 4.12. The highest BCUT2D eigenvalue weighted by atomic mass is 35.5. The first-order valence-corrected chi connectivity index (χ1v) is 10.9. The summed E-state index contributed by atoms with van der Waals surface area (Å²) in [5.41, 5.74) is 4.99. The van der Waals surface area contributed by atoms with Crippen molar-refractivity contribution in [2.75, 3.05) is 6.61 Å². The average molecular weight is 465 g/mol. The van der Waals surface area contributed by atoms with E-state index in [0.29, 0.717) is 33.6 Å². The normalized spacial score (nSPS) is 12.2. The number of nitrogens with zero attached hydrogens (tertiary/aromatic N) is 3. The molecule has 170 valence electrons. The molecule has 0 unspecified atom stereocenters. The van der Waals surface area contributed by atoms with Gasteiger partial charge in [0.05, 0.1) is 16.9 Å². The minimum Gasteiger partial charge on any atom is -0.507 e. The van der Waals surface area contributed by atoms with Crippen LogP contribution in [0.15, 0.2) is 82.1 Å². The summed E-state index contributed by atoms with van der Waals surface area (Å²) in [6, 6.07) is 19.4. The number of halogens is 1. The van der Waals surface area contributed by atoms with Gasteiger partial charge in [0.15, 0.2) is 6.61 Å². The van der Waals surface area contributed by atoms with Crippen LogP contribution in [-0.4, -0.2) is 23.8 Å². The summed E-state index contributed by atoms with van der Waals surface area (Å²) in [5.74, 6) is 0.647. The second-order valence-corrected chi connectivity index (χ2v) is 7.76. The van der Waals surface area contributed by atoms with Gasteiger partial charge < -0.3 is 9.84 Å². The highest BCUT2D eigenvalue weighted by Crippen LogP contribution is 2.28. The van der Waals surface area contributed by atoms with Crippen LogP contribution in [0.5, 0.6) is 11.5 Å². The summed E-state index contributed by atoms with van der Waals surface area (Å²) in [5, 5.41) is 22.6. The molecular formula is C25H25ClN4O3. The number of hydrogen-bond donors (Lipinski definition) is 2. The maximum absolute atomic E-state index is 12.0. The van der Waals surface area contributed by atoms with Gasteiger partial charge in [0.2, 0.25) is 0 Å². The number of amides is 1. The van der Waals surface area contributed by atoms with E-state index in [-0.39, 0.29) is 12.4 Å². The van der Waals surface area contributed by atoms with Crippen LogP contribution >= 0.6 is 11.6 Å². The molecule has 0 aliphatic heterocycles. The van der Waals surface area contributed by atoms with Crippen LogP contribution in [0.25, 0.3) is 0 Å². The number of aromatic hydroxyl groups is 1. The molecule has 1 atom stereocenters. The fourth-order valence-electron chi connectivity index (χ4n) is 2.84. The molecular weight excluding hydrogens is 440 g/mol. The average Bonchev–Trinajstić information content (AvgIpc) is 2.83. The van der Waals surface area contributed by atoms with Crippen LogP contribution in [0.4, 0.5) is 11.4 Å². The molecule has 0 fully saturated rings. The molecule has 8 heteroatoms. The first-order chi connectivity index (χ1) is 16.0. The van der Waals surface area contributed by atoms with Crippen molar-refractivity contribution in [1.29, 1.82) is 0 Å². The van der Waals surface area contributed by atoms with Gasteiger partial charge in [-0.3, -0.25) is 4.79 Å². The predicted octanol–water partition coefficient (Wildman–Crippen LogP) is 6.50. The Labute approximate surface area is 197 Å². The van der Waals surface area contributed by atoms with E-state index in [1.165, 1.54) is 17.8 Å². The van der Waals surface area contributed by atoms with Crippen molar-refractivity contribution in [3.8, 4) is 11.5 Å². The van der Waals surface area contributed by atoms with E-state index < -0.39 is 5.91 Å². The first-order valence-electron chi connectivity index (χ1n) is 10.5. The van der Waals surface area contributed by atoms with E-state index in [0.717, 1.165) is 6.42 Å². The molecule has 3 rings (SSSR count). The number of phenols is 1. The molecule has 0 heterocycles. The molecule has 0 saturated heterocycles. The van der Waals surface area contributed by atoms with E-state index in [1.54, 1.807) is 30.3 Å². The number of carbonyl (C=O) groups is 1. The van der Waals surface area contributed by atoms with Crippen LogP contribution in [0.3, 0.4) is 0 Å². The standard InChI is InChI=1S/C25H25ClN4O3/c1-3-17(2)18-8-11-21(12-9-18)33-16-25(32)30-27-15-19-14-20(10-13-24(19)31)28-29-23-7-5-4-6-22(23)26/h4-15,17,31H,3,16H2,1-2H3,(H,30,32)/b27-15+,29-28?/t17-/m0/s1. The zero-order valence-corrected chi connectivity index (χ0v) is 19.2. The number of rotatable bonds is 9. The lowest BCUT2D eigenvalue weighted by atomic mass is 9.99. The smallest absolute Gasteiger partial charge is 0.277 e. The number of azo groups is 1. The van der Waals surface area contributed by atoms with Crippen LogP contribution in [-0.2, 0) is 4.79 Å². The third kappa shape index (κ3) is 7.15. The number of nitrogens with one attached hydrogen (secondary N) is 1. The van der Waals surface area contributed by atoms with E-state index in [4.69, 9.17) is 16.3 Å². The van der Waals surface area contributed by atoms with E-state index in [1.807, 2.05) is 30.3 Å². The fraction of sp³-hybridized carbons (Fsp3) is 0.200. The van der Waals surface area contributed by atoms with Gasteiger partial charge in [0.1, 0.15) is 17.2 Å². The minimum atomic E-state index is -0.425. The van der Waals surface area contributed by atoms with Gasteiger partial charge in [0.25, 0.3) is 5.91 Å². The number of carbonyl (C=O) groups excluding carboxylic acids is 1. The van der Waals surface area contributed by atoms with Crippen LogP contribution in [0.1, 0.15) is 37.3 Å². The van der Waals surface area contributed by atoms with Crippen molar-refractivity contribution in [3.05, 3.63) is 82.9 Å². The van der Waals surface area contributed by atoms with Crippen LogP contribution < -0.4 is 10.2 Å². The monoisotopic (exact) mass is 464 g/mol. The van der Waals surface area contributed by atoms with Gasteiger partial charge >= 0.3 is 0 Å². The summed E-state index contributed by atoms with van der Waals surface area (Å²) in [6.07, 6.45) is 2.38. The Hall–Kier alpha value is -3.71. The van der Waals surface area contributed by atoms with Gasteiger partial charge in [-0.1, -0.05) is 49.7 Å². The Morgan fingerprint density at radius 2 is 1.88 bits per heavy atom. The van der Waals surface area contributed by atoms with Gasteiger partial charge in [-0.05, 0) is 60.4 Å². The molecule has 0 aliphatic rings. The lowest BCUT2D eigenvalue weighted by Gasteiger charge is -2.10. The van der Waals surface area contributed by atoms with Crippen molar-refractivity contribution in [2.24, 2.45) is 15.3 Å². The van der Waals surface area contributed by atoms with Gasteiger partial charge in [-0.2, -0.15) is 10.2 Å². The lowest BCUT2D eigenvalue weighted by Crippen LogP contribution is -2.24. The number of benzene rings is 3. The largest absolute Gasteiger partial charge is 0.507 e. The third-order valence-corrected chi connectivity index (χ3v) is 5.28. The molecule has 0 aliphatic carbocycles. The predicted molar refractivity (Wildman–Crippen MR) is 130 cm³/mol. The molecule has 0 saturated carbocycles. The maximum Gasteiger partial charge on any atom is 0.277 e. The Kier molecular flexibility index (Phi) is 8.55. The molecule has 3 aromatic carbocycles. The van der Waals surface area contributed by atoms with Crippen LogP contribution in [0, 0.1) is 0 Å². The highest BCUT2D eigenvalue weighted by molar-refractivity contribution is 6.32. The number of phenolic OH excluding ortho intramolecular Hbond substituents is 1. The Bertz CT molecular complexity index is 1150. The third-order valence-electron chi connectivity index (χ3n) is 4.96. The molecule has 0 spiro atoms. The van der Waals surface area contributed by atoms with E-state index in [9.17, 15) is 9.90 Å². The van der Waals surface area contributed by atoms with E-state index in [2.05, 4.69) is 34.6 Å². The van der Waals surface area contributed by atoms with Crippen molar-refractivity contribution in [2.45, 2.75) is 26.2 Å². The van der Waals surface area contributed by atoms with Gasteiger partial charge in [-0.25, -0.2) is 5.43 Å². The molecule has 0 aromatic heterocycles. The van der Waals surface area contributed by atoms with E-state index >= 15 is 0 Å².